The van der Waals surface area contributed by atoms with Gasteiger partial charge in [0.25, 0.3) is 5.91 Å². The first-order valence-electron chi connectivity index (χ1n) is 12.3. The second-order valence-electron chi connectivity index (χ2n) is 9.61. The summed E-state index contributed by atoms with van der Waals surface area (Å²) in [6.45, 7) is 5.20. The molecule has 0 bridgehead atoms. The molecular formula is C28H31N5O3S. The topological polar surface area (TPSA) is 93.8 Å². The van der Waals surface area contributed by atoms with Crippen LogP contribution >= 0.6 is 0 Å². The summed E-state index contributed by atoms with van der Waals surface area (Å²) in [6.07, 6.45) is 1.10. The Kier molecular flexibility index (Phi) is 7.01. The number of hydrogen-bond acceptors (Lipinski definition) is 6. The summed E-state index contributed by atoms with van der Waals surface area (Å²) in [5.74, 6) is -0.246. The number of hydrogen-bond donors (Lipinski definition) is 3. The number of likely N-dealkylation sites (N-methyl/N-ethyl adjacent to an activating group) is 1. The molecule has 192 valence electrons. The molecule has 0 atom stereocenters. The van der Waals surface area contributed by atoms with Crippen LogP contribution in [0.25, 0.3) is 11.3 Å². The van der Waals surface area contributed by atoms with Crippen molar-refractivity contribution in [3.63, 3.8) is 0 Å². The van der Waals surface area contributed by atoms with Crippen molar-refractivity contribution in [2.75, 3.05) is 54.8 Å². The quantitative estimate of drug-likeness (QED) is 0.414. The van der Waals surface area contributed by atoms with Gasteiger partial charge in [0.15, 0.2) is 0 Å². The minimum atomic E-state index is -3.46. The number of amides is 1. The number of nitrogens with one attached hydrogen (secondary N) is 3. The monoisotopic (exact) mass is 517 g/mol. The van der Waals surface area contributed by atoms with E-state index >= 15 is 0 Å². The number of carbonyl (C=O) groups excluding carboxylic acids is 1. The van der Waals surface area contributed by atoms with Crippen LogP contribution in [0.1, 0.15) is 16.7 Å². The largest absolute Gasteiger partial charge is 0.354 e. The van der Waals surface area contributed by atoms with Gasteiger partial charge >= 0.3 is 0 Å². The molecule has 1 fully saturated rings. The number of carbonyl (C=O) groups is 1. The molecule has 1 saturated heterocycles. The molecule has 2 aliphatic rings. The lowest BCUT2D eigenvalue weighted by atomic mass is 9.99. The van der Waals surface area contributed by atoms with Crippen molar-refractivity contribution >= 4 is 44.3 Å². The Labute approximate surface area is 218 Å². The average molecular weight is 518 g/mol. The van der Waals surface area contributed by atoms with Gasteiger partial charge in [-0.3, -0.25) is 14.4 Å². The summed E-state index contributed by atoms with van der Waals surface area (Å²) in [5, 5.41) is 6.38. The third-order valence-corrected chi connectivity index (χ3v) is 7.21. The van der Waals surface area contributed by atoms with Crippen LogP contribution < -0.4 is 15.4 Å². The molecular weight excluding hydrogens is 486 g/mol. The lowest BCUT2D eigenvalue weighted by Crippen LogP contribution is -2.43. The molecule has 0 unspecified atom stereocenters. The highest BCUT2D eigenvalue weighted by Crippen LogP contribution is 2.39. The number of anilines is 3. The van der Waals surface area contributed by atoms with Crippen molar-refractivity contribution in [1.29, 1.82) is 0 Å². The smallest absolute Gasteiger partial charge is 0.258 e. The van der Waals surface area contributed by atoms with Crippen LogP contribution in [0, 0.1) is 0 Å². The molecule has 0 spiro atoms. The molecule has 9 heteroatoms. The van der Waals surface area contributed by atoms with Crippen LogP contribution in [0.2, 0.25) is 0 Å². The highest BCUT2D eigenvalue weighted by Gasteiger charge is 2.29. The summed E-state index contributed by atoms with van der Waals surface area (Å²) in [7, 11) is -1.30. The van der Waals surface area contributed by atoms with E-state index in [2.05, 4.69) is 44.3 Å². The van der Waals surface area contributed by atoms with Crippen LogP contribution in [0.3, 0.4) is 0 Å². The van der Waals surface area contributed by atoms with Crippen LogP contribution in [0.4, 0.5) is 17.1 Å². The van der Waals surface area contributed by atoms with Gasteiger partial charge in [-0.15, -0.1) is 0 Å². The Balaban J connectivity index is 1.47. The molecule has 37 heavy (non-hydrogen) atoms. The maximum Gasteiger partial charge on any atom is 0.258 e. The van der Waals surface area contributed by atoms with Gasteiger partial charge in [0.05, 0.1) is 17.5 Å². The van der Waals surface area contributed by atoms with Crippen molar-refractivity contribution in [2.24, 2.45) is 0 Å². The Morgan fingerprint density at radius 1 is 0.919 bits per heavy atom. The van der Waals surface area contributed by atoms with Crippen molar-refractivity contribution in [1.82, 2.24) is 9.80 Å². The van der Waals surface area contributed by atoms with E-state index in [1.165, 1.54) is 5.56 Å². The minimum Gasteiger partial charge on any atom is -0.354 e. The van der Waals surface area contributed by atoms with Crippen molar-refractivity contribution < 1.29 is 13.2 Å². The molecule has 0 aromatic heterocycles. The first-order chi connectivity index (χ1) is 17.7. The van der Waals surface area contributed by atoms with Gasteiger partial charge in [0.2, 0.25) is 10.0 Å². The predicted octanol–water partition coefficient (Wildman–Crippen LogP) is 3.74. The van der Waals surface area contributed by atoms with Gasteiger partial charge in [-0.2, -0.15) is 0 Å². The van der Waals surface area contributed by atoms with Crippen LogP contribution in [-0.4, -0.2) is 63.6 Å². The molecule has 2 aliphatic heterocycles. The molecule has 2 heterocycles. The molecule has 8 nitrogen and oxygen atoms in total. The fourth-order valence-corrected chi connectivity index (χ4v) is 5.23. The zero-order valence-electron chi connectivity index (χ0n) is 21.0. The lowest BCUT2D eigenvalue weighted by molar-refractivity contribution is -0.110. The Bertz CT molecular complexity index is 1430. The number of sulfonamides is 1. The maximum atomic E-state index is 13.2. The molecule has 0 aliphatic carbocycles. The standard InChI is InChI=1S/C28H31N5O3S/c1-32-14-16-33(17-15-32)19-20-8-10-22(11-9-20)29-27(21-6-4-3-5-7-21)26-24-18-23(31-37(2,35)36)12-13-25(24)30-28(26)34/h3-13,18,29,31H,14-17,19H2,1-2H3,(H,30,34)/b27-26-. The van der Waals surface area contributed by atoms with Crippen LogP contribution in [0.15, 0.2) is 72.8 Å². The summed E-state index contributed by atoms with van der Waals surface area (Å²) < 4.78 is 26.1. The molecule has 5 rings (SSSR count). The first-order valence-corrected chi connectivity index (χ1v) is 14.1. The summed E-state index contributed by atoms with van der Waals surface area (Å²) in [4.78, 5) is 18.0. The zero-order chi connectivity index (χ0) is 26.0. The summed E-state index contributed by atoms with van der Waals surface area (Å²) in [5.41, 5.74) is 5.73. The van der Waals surface area contributed by atoms with Gasteiger partial charge in [0, 0.05) is 55.3 Å². The highest BCUT2D eigenvalue weighted by atomic mass is 32.2. The molecule has 3 aromatic rings. The second-order valence-corrected chi connectivity index (χ2v) is 11.4. The number of piperazine rings is 1. The fraction of sp³-hybridized carbons (Fsp3) is 0.250. The highest BCUT2D eigenvalue weighted by molar-refractivity contribution is 7.92. The normalized spacial score (nSPS) is 17.7. The number of benzene rings is 3. The van der Waals surface area contributed by atoms with Gasteiger partial charge < -0.3 is 15.5 Å². The van der Waals surface area contributed by atoms with Crippen molar-refractivity contribution in [3.05, 3.63) is 89.5 Å². The van der Waals surface area contributed by atoms with E-state index < -0.39 is 10.0 Å². The minimum absolute atomic E-state index is 0.246. The Morgan fingerprint density at radius 3 is 2.27 bits per heavy atom. The summed E-state index contributed by atoms with van der Waals surface area (Å²) in [6, 6.07) is 23.0. The molecule has 3 N–H and O–H groups in total. The molecule has 0 saturated carbocycles. The van der Waals surface area contributed by atoms with Gasteiger partial charge in [-0.1, -0.05) is 42.5 Å². The molecule has 3 aromatic carbocycles. The molecule has 1 amide bonds. The van der Waals surface area contributed by atoms with Gasteiger partial charge in [-0.05, 0) is 48.5 Å². The average Bonchev–Trinajstić information content (AvgIpc) is 3.19. The SMILES string of the molecule is CN1CCN(Cc2ccc(N/C(=C3\C(=O)Nc4ccc(NS(C)(=O)=O)cc43)c3ccccc3)cc2)CC1. The third kappa shape index (κ3) is 6.02. The van der Waals surface area contributed by atoms with E-state index in [0.29, 0.717) is 28.2 Å². The first kappa shape index (κ1) is 25.0. The van der Waals surface area contributed by atoms with E-state index in [1.54, 1.807) is 18.2 Å². The maximum absolute atomic E-state index is 13.2. The molecule has 0 radical (unpaired) electrons. The van der Waals surface area contributed by atoms with Gasteiger partial charge in [0.1, 0.15) is 0 Å². The van der Waals surface area contributed by atoms with E-state index in [1.807, 2.05) is 42.5 Å². The number of rotatable bonds is 7. The zero-order valence-corrected chi connectivity index (χ0v) is 21.8. The second kappa shape index (κ2) is 10.4. The van der Waals surface area contributed by atoms with E-state index in [4.69, 9.17) is 0 Å². The van der Waals surface area contributed by atoms with Crippen molar-refractivity contribution in [2.45, 2.75) is 6.54 Å². The number of nitrogens with zero attached hydrogens (tertiary/aromatic N) is 2. The van der Waals surface area contributed by atoms with Crippen LogP contribution in [-0.2, 0) is 21.4 Å². The van der Waals surface area contributed by atoms with Crippen molar-refractivity contribution in [3.8, 4) is 0 Å². The van der Waals surface area contributed by atoms with Gasteiger partial charge in [-0.25, -0.2) is 8.42 Å². The van der Waals surface area contributed by atoms with E-state index in [9.17, 15) is 13.2 Å². The Morgan fingerprint density at radius 2 is 1.59 bits per heavy atom. The lowest BCUT2D eigenvalue weighted by Gasteiger charge is -2.32. The Hall–Kier alpha value is -3.66. The summed E-state index contributed by atoms with van der Waals surface area (Å²) >= 11 is 0. The van der Waals surface area contributed by atoms with E-state index in [0.717, 1.165) is 50.2 Å². The predicted molar refractivity (Wildman–Crippen MR) is 150 cm³/mol. The number of fused-ring (bicyclic) bond motifs is 1. The van der Waals surface area contributed by atoms with E-state index in [-0.39, 0.29) is 5.91 Å². The fourth-order valence-electron chi connectivity index (χ4n) is 4.68. The third-order valence-electron chi connectivity index (χ3n) is 6.61. The van der Waals surface area contributed by atoms with Crippen LogP contribution in [0.5, 0.6) is 0 Å².